The van der Waals surface area contributed by atoms with Gasteiger partial charge in [0.15, 0.2) is 11.5 Å². The third-order valence-corrected chi connectivity index (χ3v) is 8.28. The van der Waals surface area contributed by atoms with Gasteiger partial charge < -0.3 is 15.9 Å². The lowest BCUT2D eigenvalue weighted by Gasteiger charge is -2.46. The van der Waals surface area contributed by atoms with Crippen molar-refractivity contribution in [2.45, 2.75) is 56.1 Å². The number of hydrogen-bond donors (Lipinski definition) is 4. The van der Waals surface area contributed by atoms with Crippen LogP contribution in [-0.4, -0.2) is 57.3 Å². The van der Waals surface area contributed by atoms with Crippen LogP contribution in [-0.2, 0) is 14.8 Å². The maximum Gasteiger partial charge on any atom is 0.490 e. The van der Waals surface area contributed by atoms with Crippen LogP contribution in [0.25, 0.3) is 16.9 Å². The molecule has 0 atom stereocenters. The maximum absolute atomic E-state index is 13.3. The molecule has 5 N–H and O–H groups in total. The van der Waals surface area contributed by atoms with Gasteiger partial charge in [-0.3, -0.25) is 4.40 Å². The fourth-order valence-corrected chi connectivity index (χ4v) is 6.59. The van der Waals surface area contributed by atoms with Gasteiger partial charge in [-0.05, 0) is 62.6 Å². The van der Waals surface area contributed by atoms with Crippen LogP contribution in [0.1, 0.15) is 41.1 Å². The van der Waals surface area contributed by atoms with E-state index in [1.54, 1.807) is 17.5 Å². The molecule has 3 aromatic rings. The van der Waals surface area contributed by atoms with Crippen molar-refractivity contribution in [3.63, 3.8) is 0 Å². The molecule has 14 heteroatoms. The monoisotopic (exact) mass is 544 g/mol. The van der Waals surface area contributed by atoms with E-state index < -0.39 is 34.6 Å². The van der Waals surface area contributed by atoms with Crippen molar-refractivity contribution in [1.29, 1.82) is 0 Å². The molecule has 6 rings (SSSR count). The first-order chi connectivity index (χ1) is 18.3. The van der Waals surface area contributed by atoms with Crippen molar-refractivity contribution in [1.82, 2.24) is 19.1 Å². The minimum atomic E-state index is -5.08. The number of carboxylic acid groups (broad SMARTS) is 1. The van der Waals surface area contributed by atoms with Crippen molar-refractivity contribution in [3.05, 3.63) is 41.9 Å². The molecular weight excluding hydrogens is 515 g/mol. The number of carbonyl (C=O) groups is 1. The molecule has 2 bridgehead atoms. The Bertz CT molecular complexity index is 1590. The van der Waals surface area contributed by atoms with Crippen LogP contribution in [0.2, 0.25) is 0 Å². The summed E-state index contributed by atoms with van der Waals surface area (Å²) in [5, 5.41) is 16.7. The van der Waals surface area contributed by atoms with E-state index in [-0.39, 0.29) is 33.9 Å². The fraction of sp³-hybridized carbons (Fsp3) is 0.435. The van der Waals surface area contributed by atoms with Crippen molar-refractivity contribution >= 4 is 27.5 Å². The molecule has 3 aliphatic carbocycles. The molecule has 0 saturated heterocycles. The summed E-state index contributed by atoms with van der Waals surface area (Å²) in [5.74, 6) is -2.56. The standard InChI is InChI=1S/C21H25N5O3S.C2HF3O2/c1-13-3-4-15(30(28,29)25-21-6-5-20(10-21,11-21)12-27)7-16(13)17-8-23-19-18(22)24-14(2)9-26(17)19;3-2(4,5)1(6)7/h3-4,7-9,25,27H,5-6,10-12H2,1-2H3,(H2,22,24);(H,6,7)/i1D3;. The predicted octanol–water partition coefficient (Wildman–Crippen LogP) is 2.81. The highest BCUT2D eigenvalue weighted by atomic mass is 32.2. The number of halogens is 3. The lowest BCUT2D eigenvalue weighted by Crippen LogP contribution is -2.56. The number of aromatic nitrogens is 3. The average molecular weight is 545 g/mol. The number of nitrogens with zero attached hydrogens (tertiary/aromatic N) is 3. The van der Waals surface area contributed by atoms with Crippen molar-refractivity contribution in [2.24, 2.45) is 5.41 Å². The van der Waals surface area contributed by atoms with Gasteiger partial charge in [0, 0.05) is 28.0 Å². The Hall–Kier alpha value is -3.23. The predicted molar refractivity (Wildman–Crippen MR) is 127 cm³/mol. The van der Waals surface area contributed by atoms with Gasteiger partial charge in [-0.15, -0.1) is 0 Å². The Labute approximate surface area is 214 Å². The summed E-state index contributed by atoms with van der Waals surface area (Å²) in [7, 11) is -3.93. The number of hydrogen-bond acceptors (Lipinski definition) is 7. The molecule has 200 valence electrons. The number of nitrogens with two attached hydrogens (primary N) is 1. The third-order valence-electron chi connectivity index (χ3n) is 6.71. The lowest BCUT2D eigenvalue weighted by molar-refractivity contribution is -0.192. The number of aliphatic hydroxyl groups excluding tert-OH is 1. The zero-order valence-corrected chi connectivity index (χ0v) is 20.3. The largest absolute Gasteiger partial charge is 0.490 e. The SMILES string of the molecule is O=C(O)C(F)(F)F.[2H]C([2H])([2H])c1ccc(S(=O)(=O)NC23CCC(CO)(C2)C3)cc1-c1cnc2c(N)nc(C)cn12. The van der Waals surface area contributed by atoms with Gasteiger partial charge in [0.1, 0.15) is 0 Å². The Balaban J connectivity index is 0.000000470. The summed E-state index contributed by atoms with van der Waals surface area (Å²) in [6.45, 7) is -0.664. The number of rotatable bonds is 5. The molecule has 0 spiro atoms. The minimum absolute atomic E-state index is 0.0123. The first-order valence-corrected chi connectivity index (χ1v) is 12.5. The second kappa shape index (κ2) is 8.96. The van der Waals surface area contributed by atoms with E-state index >= 15 is 0 Å². The minimum Gasteiger partial charge on any atom is -0.475 e. The molecule has 2 aromatic heterocycles. The molecular formula is C23H26F3N5O5S. The first-order valence-electron chi connectivity index (χ1n) is 12.5. The highest BCUT2D eigenvalue weighted by Gasteiger charge is 2.61. The van der Waals surface area contributed by atoms with E-state index in [9.17, 15) is 26.7 Å². The summed E-state index contributed by atoms with van der Waals surface area (Å²) in [4.78, 5) is 17.3. The van der Waals surface area contributed by atoms with Crippen LogP contribution in [0.3, 0.4) is 0 Å². The smallest absolute Gasteiger partial charge is 0.475 e. The molecule has 0 radical (unpaired) electrons. The number of aryl methyl sites for hydroxylation is 2. The number of nitrogen functional groups attached to an aromatic ring is 1. The van der Waals surface area contributed by atoms with Crippen LogP contribution in [0.5, 0.6) is 0 Å². The van der Waals surface area contributed by atoms with E-state index in [4.69, 9.17) is 19.7 Å². The molecule has 1 aromatic carbocycles. The van der Waals surface area contributed by atoms with Crippen LogP contribution >= 0.6 is 0 Å². The highest BCUT2D eigenvalue weighted by molar-refractivity contribution is 7.89. The van der Waals surface area contributed by atoms with Gasteiger partial charge >= 0.3 is 12.1 Å². The van der Waals surface area contributed by atoms with E-state index in [1.165, 1.54) is 24.4 Å². The molecule has 0 aliphatic heterocycles. The number of aliphatic carboxylic acids is 1. The molecule has 37 heavy (non-hydrogen) atoms. The van der Waals surface area contributed by atoms with Crippen molar-refractivity contribution < 1.29 is 40.7 Å². The van der Waals surface area contributed by atoms with E-state index in [0.29, 0.717) is 36.3 Å². The fourth-order valence-electron chi connectivity index (χ4n) is 5.14. The van der Waals surface area contributed by atoms with Gasteiger partial charge in [-0.25, -0.2) is 27.9 Å². The molecule has 3 fully saturated rings. The second-order valence-electron chi connectivity index (χ2n) is 9.51. The van der Waals surface area contributed by atoms with Crippen molar-refractivity contribution in [2.75, 3.05) is 12.3 Å². The zero-order chi connectivity index (χ0) is 29.9. The Kier molecular flexibility index (Phi) is 5.55. The number of anilines is 1. The number of fused-ring (bicyclic) bond motifs is 2. The normalized spacial score (nSPS) is 24.4. The highest BCUT2D eigenvalue weighted by Crippen LogP contribution is 2.61. The van der Waals surface area contributed by atoms with Gasteiger partial charge in [0.2, 0.25) is 10.0 Å². The quantitative estimate of drug-likeness (QED) is 0.382. The number of aliphatic hydroxyl groups is 1. The van der Waals surface area contributed by atoms with Crippen LogP contribution in [0.15, 0.2) is 35.5 Å². The van der Waals surface area contributed by atoms with Crippen LogP contribution in [0.4, 0.5) is 19.0 Å². The summed E-state index contributed by atoms with van der Waals surface area (Å²) < 4.78 is 86.7. The molecule has 3 aliphatic rings. The molecule has 0 amide bonds. The van der Waals surface area contributed by atoms with E-state index in [0.717, 1.165) is 6.42 Å². The first kappa shape index (κ1) is 22.9. The molecule has 3 saturated carbocycles. The number of benzene rings is 1. The van der Waals surface area contributed by atoms with Crippen LogP contribution in [0, 0.1) is 19.2 Å². The van der Waals surface area contributed by atoms with E-state index in [2.05, 4.69) is 14.7 Å². The molecule has 0 unspecified atom stereocenters. The maximum atomic E-state index is 13.3. The Morgan fingerprint density at radius 3 is 2.57 bits per heavy atom. The Morgan fingerprint density at radius 2 is 2.00 bits per heavy atom. The lowest BCUT2D eigenvalue weighted by atomic mass is 9.66. The molecule has 2 heterocycles. The summed E-state index contributed by atoms with van der Waals surface area (Å²) in [6, 6.07) is 4.03. The number of sulfonamides is 1. The number of alkyl halides is 3. The summed E-state index contributed by atoms with van der Waals surface area (Å²) in [6.07, 6.45) is 0.733. The van der Waals surface area contributed by atoms with Gasteiger partial charge in [-0.2, -0.15) is 13.2 Å². The second-order valence-corrected chi connectivity index (χ2v) is 11.2. The Morgan fingerprint density at radius 1 is 1.32 bits per heavy atom. The number of carboxylic acids is 1. The van der Waals surface area contributed by atoms with Gasteiger partial charge in [0.05, 0.1) is 22.5 Å². The third kappa shape index (κ3) is 5.00. The van der Waals surface area contributed by atoms with Gasteiger partial charge in [0.25, 0.3) is 0 Å². The molecule has 10 nitrogen and oxygen atoms in total. The van der Waals surface area contributed by atoms with Crippen molar-refractivity contribution in [3.8, 4) is 11.3 Å². The zero-order valence-electron chi connectivity index (χ0n) is 22.5. The topological polar surface area (TPSA) is 160 Å². The van der Waals surface area contributed by atoms with Gasteiger partial charge in [-0.1, -0.05) is 6.07 Å². The van der Waals surface area contributed by atoms with E-state index in [1.807, 2.05) is 0 Å². The number of imidazole rings is 1. The number of nitrogens with one attached hydrogen (secondary N) is 1. The summed E-state index contributed by atoms with van der Waals surface area (Å²) >= 11 is 0. The van der Waals surface area contributed by atoms with Crippen LogP contribution < -0.4 is 10.5 Å². The summed E-state index contributed by atoms with van der Waals surface area (Å²) in [5.41, 5.74) is 6.87. The average Bonchev–Trinajstić information content (AvgIpc) is 3.49.